The lowest BCUT2D eigenvalue weighted by Crippen LogP contribution is -2.54. The van der Waals surface area contributed by atoms with E-state index < -0.39 is 6.10 Å². The van der Waals surface area contributed by atoms with E-state index in [0.29, 0.717) is 30.4 Å². The SMILES string of the molecule is COc1cccc(OC2=COC3C(CCC(O)C3CN3CCCCC3C)C2=O)c1. The Kier molecular flexibility index (Phi) is 6.11. The minimum absolute atomic E-state index is 0.0346. The topological polar surface area (TPSA) is 68.2 Å². The zero-order valence-corrected chi connectivity index (χ0v) is 17.3. The number of Topliss-reactive ketones (excluding diaryl/α,β-unsaturated/α-hetero) is 1. The molecule has 1 saturated carbocycles. The van der Waals surface area contributed by atoms with Crippen molar-refractivity contribution in [1.29, 1.82) is 0 Å². The fourth-order valence-corrected chi connectivity index (χ4v) is 4.89. The van der Waals surface area contributed by atoms with Crippen LogP contribution in [0.3, 0.4) is 0 Å². The molecule has 2 aliphatic heterocycles. The third kappa shape index (κ3) is 4.28. The second-order valence-corrected chi connectivity index (χ2v) is 8.48. The van der Waals surface area contributed by atoms with E-state index in [1.807, 2.05) is 12.1 Å². The first-order valence-corrected chi connectivity index (χ1v) is 10.7. The molecule has 1 aliphatic carbocycles. The maximum Gasteiger partial charge on any atom is 0.208 e. The van der Waals surface area contributed by atoms with E-state index in [4.69, 9.17) is 14.2 Å². The number of methoxy groups -OCH3 is 1. The van der Waals surface area contributed by atoms with Crippen LogP contribution in [0, 0.1) is 11.8 Å². The third-order valence-electron chi connectivity index (χ3n) is 6.65. The molecule has 5 unspecified atom stereocenters. The number of piperidine rings is 1. The van der Waals surface area contributed by atoms with Gasteiger partial charge >= 0.3 is 0 Å². The molecule has 1 saturated heterocycles. The van der Waals surface area contributed by atoms with Crippen LogP contribution in [0.25, 0.3) is 0 Å². The molecule has 0 spiro atoms. The van der Waals surface area contributed by atoms with E-state index in [9.17, 15) is 9.90 Å². The lowest BCUT2D eigenvalue weighted by molar-refractivity contribution is -0.140. The number of hydrogen-bond donors (Lipinski definition) is 1. The molecule has 3 aliphatic rings. The van der Waals surface area contributed by atoms with Crippen molar-refractivity contribution in [2.45, 2.75) is 57.3 Å². The Labute approximate surface area is 172 Å². The Morgan fingerprint density at radius 1 is 1.21 bits per heavy atom. The molecule has 29 heavy (non-hydrogen) atoms. The van der Waals surface area contributed by atoms with Gasteiger partial charge in [0.15, 0.2) is 0 Å². The number of ether oxygens (including phenoxy) is 3. The molecule has 6 heteroatoms. The Balaban J connectivity index is 1.48. The first-order valence-electron chi connectivity index (χ1n) is 10.7. The van der Waals surface area contributed by atoms with Crippen LogP contribution >= 0.6 is 0 Å². The molecule has 158 valence electrons. The molecule has 0 aromatic heterocycles. The minimum Gasteiger partial charge on any atom is -0.497 e. The third-order valence-corrected chi connectivity index (χ3v) is 6.65. The van der Waals surface area contributed by atoms with Crippen molar-refractivity contribution >= 4 is 5.78 Å². The smallest absolute Gasteiger partial charge is 0.208 e. The number of aliphatic hydroxyl groups excluding tert-OH is 1. The first-order chi connectivity index (χ1) is 14.1. The van der Waals surface area contributed by atoms with Gasteiger partial charge in [-0.1, -0.05) is 12.5 Å². The van der Waals surface area contributed by atoms with E-state index in [-0.39, 0.29) is 29.5 Å². The van der Waals surface area contributed by atoms with E-state index in [1.165, 1.54) is 25.5 Å². The van der Waals surface area contributed by atoms with Crippen LogP contribution in [0.15, 0.2) is 36.3 Å². The average molecular weight is 402 g/mol. The summed E-state index contributed by atoms with van der Waals surface area (Å²) in [4.78, 5) is 15.6. The number of carbonyl (C=O) groups excluding carboxylic acids is 1. The summed E-state index contributed by atoms with van der Waals surface area (Å²) in [6, 6.07) is 7.68. The number of nitrogens with zero attached hydrogens (tertiary/aromatic N) is 1. The summed E-state index contributed by atoms with van der Waals surface area (Å²) in [6.07, 6.45) is 5.60. The zero-order valence-electron chi connectivity index (χ0n) is 17.3. The Morgan fingerprint density at radius 3 is 2.83 bits per heavy atom. The van der Waals surface area contributed by atoms with Gasteiger partial charge < -0.3 is 24.2 Å². The molecular formula is C23H31NO5. The molecule has 5 atom stereocenters. The summed E-state index contributed by atoms with van der Waals surface area (Å²) in [5, 5.41) is 10.7. The van der Waals surface area contributed by atoms with Gasteiger partial charge in [-0.3, -0.25) is 4.79 Å². The van der Waals surface area contributed by atoms with Crippen molar-refractivity contribution < 1.29 is 24.1 Å². The van der Waals surface area contributed by atoms with Crippen LogP contribution in [0.4, 0.5) is 0 Å². The molecule has 1 N–H and O–H groups in total. The van der Waals surface area contributed by atoms with Crippen molar-refractivity contribution in [3.63, 3.8) is 0 Å². The fraction of sp³-hybridized carbons (Fsp3) is 0.609. The van der Waals surface area contributed by atoms with Gasteiger partial charge in [0.1, 0.15) is 23.9 Å². The lowest BCUT2D eigenvalue weighted by atomic mass is 9.73. The second-order valence-electron chi connectivity index (χ2n) is 8.48. The Bertz CT molecular complexity index is 763. The first kappa shape index (κ1) is 20.2. The van der Waals surface area contributed by atoms with E-state index >= 15 is 0 Å². The average Bonchev–Trinajstić information content (AvgIpc) is 2.73. The number of ketones is 1. The van der Waals surface area contributed by atoms with Crippen molar-refractivity contribution in [2.24, 2.45) is 11.8 Å². The monoisotopic (exact) mass is 401 g/mol. The number of likely N-dealkylation sites (tertiary alicyclic amines) is 1. The Hall–Kier alpha value is -2.05. The molecule has 0 amide bonds. The maximum atomic E-state index is 13.1. The normalized spacial score (nSPS) is 32.7. The van der Waals surface area contributed by atoms with Gasteiger partial charge in [0.05, 0.1) is 19.1 Å². The summed E-state index contributed by atoms with van der Waals surface area (Å²) in [6.45, 7) is 4.07. The molecular weight excluding hydrogens is 370 g/mol. The van der Waals surface area contributed by atoms with Gasteiger partial charge in [-0.15, -0.1) is 0 Å². The minimum atomic E-state index is -0.438. The number of benzene rings is 1. The van der Waals surface area contributed by atoms with Crippen molar-refractivity contribution in [1.82, 2.24) is 4.90 Å². The highest BCUT2D eigenvalue weighted by Gasteiger charge is 2.47. The van der Waals surface area contributed by atoms with E-state index in [1.54, 1.807) is 19.2 Å². The van der Waals surface area contributed by atoms with E-state index in [2.05, 4.69) is 11.8 Å². The van der Waals surface area contributed by atoms with Gasteiger partial charge in [-0.2, -0.15) is 0 Å². The fourth-order valence-electron chi connectivity index (χ4n) is 4.89. The molecule has 1 aromatic rings. The highest BCUT2D eigenvalue weighted by atomic mass is 16.5. The van der Waals surface area contributed by atoms with Gasteiger partial charge in [-0.05, 0) is 51.3 Å². The Morgan fingerprint density at radius 2 is 2.03 bits per heavy atom. The van der Waals surface area contributed by atoms with E-state index in [0.717, 1.165) is 13.1 Å². The van der Waals surface area contributed by atoms with Crippen LogP contribution in [-0.4, -0.2) is 54.2 Å². The summed E-state index contributed by atoms with van der Waals surface area (Å²) >= 11 is 0. The summed E-state index contributed by atoms with van der Waals surface area (Å²) in [5.41, 5.74) is 0. The number of carbonyl (C=O) groups is 1. The molecule has 0 bridgehead atoms. The number of allylic oxidation sites excluding steroid dienone is 1. The van der Waals surface area contributed by atoms with Crippen molar-refractivity contribution in [3.8, 4) is 11.5 Å². The van der Waals surface area contributed by atoms with Crippen molar-refractivity contribution in [2.75, 3.05) is 20.2 Å². The number of hydrogen-bond acceptors (Lipinski definition) is 6. The molecule has 1 aromatic carbocycles. The second kappa shape index (κ2) is 8.76. The number of fused-ring (bicyclic) bond motifs is 1. The molecule has 0 radical (unpaired) electrons. The predicted molar refractivity (Wildman–Crippen MR) is 109 cm³/mol. The van der Waals surface area contributed by atoms with Gasteiger partial charge in [0.2, 0.25) is 11.5 Å². The van der Waals surface area contributed by atoms with Crippen LogP contribution in [0.2, 0.25) is 0 Å². The number of aliphatic hydroxyl groups is 1. The van der Waals surface area contributed by atoms with Gasteiger partial charge in [0, 0.05) is 24.6 Å². The summed E-state index contributed by atoms with van der Waals surface area (Å²) in [5.74, 6) is 1.07. The van der Waals surface area contributed by atoms with Gasteiger partial charge in [-0.25, -0.2) is 0 Å². The number of rotatable bonds is 5. The lowest BCUT2D eigenvalue weighted by Gasteiger charge is -2.45. The van der Waals surface area contributed by atoms with Crippen LogP contribution in [0.1, 0.15) is 39.0 Å². The van der Waals surface area contributed by atoms with Gasteiger partial charge in [0.25, 0.3) is 0 Å². The van der Waals surface area contributed by atoms with Crippen molar-refractivity contribution in [3.05, 3.63) is 36.3 Å². The summed E-state index contributed by atoms with van der Waals surface area (Å²) in [7, 11) is 1.59. The zero-order chi connectivity index (χ0) is 20.4. The molecule has 2 fully saturated rings. The molecule has 6 nitrogen and oxygen atoms in total. The van der Waals surface area contributed by atoms with Crippen LogP contribution < -0.4 is 9.47 Å². The van der Waals surface area contributed by atoms with Crippen LogP contribution in [-0.2, 0) is 9.53 Å². The highest BCUT2D eigenvalue weighted by Crippen LogP contribution is 2.38. The predicted octanol–water partition coefficient (Wildman–Crippen LogP) is 3.14. The maximum absolute atomic E-state index is 13.1. The highest BCUT2D eigenvalue weighted by molar-refractivity contribution is 5.96. The standard InChI is InChI=1S/C23H31NO5/c1-15-6-3-4-11-24(15)13-19-20(25)10-9-18-22(26)21(14-28-23(18)19)29-17-8-5-7-16(12-17)27-2/h5,7-8,12,14-15,18-20,23,25H,3-4,6,9-11,13H2,1-2H3. The van der Waals surface area contributed by atoms with Crippen LogP contribution in [0.5, 0.6) is 11.5 Å². The quantitative estimate of drug-likeness (QED) is 0.818. The largest absolute Gasteiger partial charge is 0.497 e. The molecule has 2 heterocycles. The molecule has 4 rings (SSSR count). The summed E-state index contributed by atoms with van der Waals surface area (Å²) < 4.78 is 17.1.